The molecule has 0 saturated carbocycles. The Morgan fingerprint density at radius 3 is 1.03 bits per heavy atom. The van der Waals surface area contributed by atoms with Crippen molar-refractivity contribution in [3.63, 3.8) is 0 Å². The number of carboxylic acids is 2. The molecule has 176 valence electrons. The van der Waals surface area contributed by atoms with E-state index in [1.807, 2.05) is 0 Å². The number of carboxylic acid groups (broad SMARTS) is 2. The average Bonchev–Trinajstić information content (AvgIpc) is 2.40. The zero-order valence-electron chi connectivity index (χ0n) is 14.4. The number of aromatic nitrogens is 2. The molecule has 20 N–H and O–H groups in total. The van der Waals surface area contributed by atoms with Gasteiger partial charge in [-0.25, -0.2) is 9.97 Å². The minimum atomic E-state index is -1.25. The first-order chi connectivity index (χ1) is 9.40. The summed E-state index contributed by atoms with van der Waals surface area (Å²) >= 11 is 10.8. The number of carbonyl (C=O) groups is 2. The molecule has 0 aliphatic carbocycles. The Kier molecular flexibility index (Phi) is 54.8. The Morgan fingerprint density at radius 2 is 0.897 bits per heavy atom. The molecule has 29 heavy (non-hydrogen) atoms. The summed E-state index contributed by atoms with van der Waals surface area (Å²) in [5, 5.41) is 20.8. The molecule has 0 radical (unpaired) electrons. The molecule has 0 aliphatic heterocycles. The maximum atomic E-state index is 10.1. The van der Waals surface area contributed by atoms with Gasteiger partial charge in [-0.3, -0.25) is 0 Å². The molecule has 2 heterocycles. The van der Waals surface area contributed by atoms with Crippen molar-refractivity contribution in [1.82, 2.24) is 9.97 Å². The average molecular weight is 520 g/mol. The molecule has 17 heteroatoms. The molecule has 0 amide bonds. The molecule has 0 bridgehead atoms. The molecule has 0 fully saturated rings. The number of halogens is 2. The second-order valence-corrected chi connectivity index (χ2v) is 4.09. The van der Waals surface area contributed by atoms with Crippen molar-refractivity contribution >= 4 is 35.1 Å². The summed E-state index contributed by atoms with van der Waals surface area (Å²) in [7, 11) is 0. The summed E-state index contributed by atoms with van der Waals surface area (Å²) in [4.78, 5) is 27.3. The van der Waals surface area contributed by atoms with Gasteiger partial charge in [-0.15, -0.1) is 0 Å². The Labute approximate surface area is 183 Å². The van der Waals surface area contributed by atoms with Crippen molar-refractivity contribution in [3.8, 4) is 0 Å². The van der Waals surface area contributed by atoms with Gasteiger partial charge < -0.3 is 63.6 Å². The van der Waals surface area contributed by atoms with Crippen molar-refractivity contribution in [1.29, 1.82) is 0 Å². The van der Waals surface area contributed by atoms with E-state index >= 15 is 0 Å². The van der Waals surface area contributed by atoms with Gasteiger partial charge in [0.15, 0.2) is 0 Å². The van der Waals surface area contributed by atoms with Crippen LogP contribution in [0.1, 0.15) is 20.7 Å². The van der Waals surface area contributed by atoms with Crippen LogP contribution in [0.3, 0.4) is 0 Å². The molecule has 2 aromatic rings. The number of pyridine rings is 2. The summed E-state index contributed by atoms with van der Waals surface area (Å²) in [6.45, 7) is 0. The number of hydrogen-bond donors (Lipinski definition) is 0. The van der Waals surface area contributed by atoms with Crippen LogP contribution in [0.2, 0.25) is 10.3 Å². The van der Waals surface area contributed by atoms with Gasteiger partial charge in [0.05, 0.1) is 11.9 Å². The van der Waals surface area contributed by atoms with Gasteiger partial charge in [0.25, 0.3) is 0 Å². The van der Waals surface area contributed by atoms with Crippen molar-refractivity contribution in [3.05, 3.63) is 58.1 Å². The Balaban J connectivity index is -0.0000000301. The maximum absolute atomic E-state index is 10.1. The van der Waals surface area contributed by atoms with Crippen LogP contribution in [-0.2, 0) is 38.4 Å². The molecule has 0 aliphatic rings. The standard InChI is InChI=1S/2C6H4ClNO2.Ni.8H2O/c2*7-5-2-1-4(3-8-5)6(9)10;;;;;;;;;/h2*1-3H,(H,9,10);;8*1H2/q;;+2;;;;;;;;/p+2. The maximum Gasteiger partial charge on any atom is 2.00 e. The van der Waals surface area contributed by atoms with Crippen LogP contribution in [0.15, 0.2) is 36.7 Å². The molecule has 2 aromatic heterocycles. The third-order valence-electron chi connectivity index (χ3n) is 1.93. The topological polar surface area (TPSA) is 364 Å². The van der Waals surface area contributed by atoms with Gasteiger partial charge in [-0.2, -0.15) is 0 Å². The van der Waals surface area contributed by atoms with Crippen molar-refractivity contribution in [2.75, 3.05) is 0 Å². The van der Waals surface area contributed by atoms with Crippen LogP contribution in [0.25, 0.3) is 0 Å². The second-order valence-electron chi connectivity index (χ2n) is 3.31. The van der Waals surface area contributed by atoms with Crippen LogP contribution in [-0.4, -0.2) is 43.8 Å². The first kappa shape index (κ1) is 56.3. The minimum absolute atomic E-state index is 0. The molecule has 0 unspecified atom stereocenters. The number of carbonyl (C=O) groups excluding carboxylic acids is 2. The van der Waals surface area contributed by atoms with E-state index in [-0.39, 0.29) is 81.7 Å². The number of aromatic carboxylic acids is 2. The van der Waals surface area contributed by atoms with Crippen LogP contribution in [0.4, 0.5) is 0 Å². The van der Waals surface area contributed by atoms with Crippen molar-refractivity contribution in [2.45, 2.75) is 0 Å². The summed E-state index contributed by atoms with van der Waals surface area (Å²) in [5.74, 6) is -2.49. The van der Waals surface area contributed by atoms with E-state index in [9.17, 15) is 19.8 Å². The van der Waals surface area contributed by atoms with Gasteiger partial charge in [-0.05, 0) is 24.3 Å². The van der Waals surface area contributed by atoms with E-state index < -0.39 is 11.9 Å². The SMILES string of the molecule is O.O.O.O.O=C([O-])c1ccc(Cl)nc1.O=C([O-])c1ccc(Cl)nc1.[Ni+2].[OH3+].[OH3+].[OH3+].[OH3+]. The predicted molar refractivity (Wildman–Crippen MR) is 101 cm³/mol. The first-order valence-electron chi connectivity index (χ1n) is 5.06. The molecular weight excluding hydrogens is 494 g/mol. The van der Waals surface area contributed by atoms with Gasteiger partial charge in [0.1, 0.15) is 10.3 Å². The molecule has 0 atom stereocenters. The third-order valence-corrected chi connectivity index (χ3v) is 2.37. The Morgan fingerprint density at radius 1 is 0.655 bits per heavy atom. The number of nitrogens with zero attached hydrogens (tertiary/aromatic N) is 2. The van der Waals surface area contributed by atoms with Gasteiger partial charge in [0.2, 0.25) is 0 Å². The van der Waals surface area contributed by atoms with Crippen molar-refractivity contribution < 1.29 is 80.1 Å². The predicted octanol–water partition coefficient (Wildman–Crippen LogP) is -6.79. The van der Waals surface area contributed by atoms with E-state index in [0.29, 0.717) is 0 Å². The molecule has 0 saturated heterocycles. The molecule has 0 spiro atoms. The summed E-state index contributed by atoms with van der Waals surface area (Å²) in [5.41, 5.74) is 0.0637. The summed E-state index contributed by atoms with van der Waals surface area (Å²) in [6.07, 6.45) is 2.30. The van der Waals surface area contributed by atoms with E-state index in [0.717, 1.165) is 12.4 Å². The fourth-order valence-electron chi connectivity index (χ4n) is 0.993. The Hall–Kier alpha value is -2.01. The van der Waals surface area contributed by atoms with Gasteiger partial charge >= 0.3 is 16.5 Å². The van der Waals surface area contributed by atoms with E-state index in [4.69, 9.17) is 23.2 Å². The second kappa shape index (κ2) is 28.2. The quantitative estimate of drug-likeness (QED) is 0.210. The Bertz CT molecular complexity index is 564. The zero-order chi connectivity index (χ0) is 15.1. The van der Waals surface area contributed by atoms with E-state index in [1.165, 1.54) is 24.3 Å². The molecule has 2 rings (SSSR count). The monoisotopic (exact) mass is 518 g/mol. The summed E-state index contributed by atoms with van der Waals surface area (Å²) < 4.78 is 0. The fourth-order valence-corrected chi connectivity index (χ4v) is 1.22. The first-order valence-corrected chi connectivity index (χ1v) is 5.81. The molecule has 14 nitrogen and oxygen atoms in total. The van der Waals surface area contributed by atoms with Gasteiger partial charge in [-0.1, -0.05) is 23.2 Å². The largest absolute Gasteiger partial charge is 2.00 e. The number of hydrogen-bond acceptors (Lipinski definition) is 6. The van der Waals surface area contributed by atoms with Crippen LogP contribution in [0.5, 0.6) is 0 Å². The van der Waals surface area contributed by atoms with Crippen molar-refractivity contribution in [2.24, 2.45) is 0 Å². The molecular formula is C12H26Cl2N2NiO12+4. The summed E-state index contributed by atoms with van der Waals surface area (Å²) in [6, 6.07) is 5.47. The minimum Gasteiger partial charge on any atom is -0.545 e. The van der Waals surface area contributed by atoms with Crippen LogP contribution < -0.4 is 10.2 Å². The van der Waals surface area contributed by atoms with E-state index in [2.05, 4.69) is 9.97 Å². The van der Waals surface area contributed by atoms with Crippen LogP contribution in [0, 0.1) is 0 Å². The fraction of sp³-hybridized carbons (Fsp3) is 0. The number of rotatable bonds is 2. The van der Waals surface area contributed by atoms with Gasteiger partial charge in [0, 0.05) is 23.5 Å². The third kappa shape index (κ3) is 22.1. The zero-order valence-corrected chi connectivity index (χ0v) is 16.9. The normalized spacial score (nSPS) is 6.41. The molecule has 0 aromatic carbocycles. The van der Waals surface area contributed by atoms with E-state index in [1.54, 1.807) is 0 Å². The smallest absolute Gasteiger partial charge is 0.545 e. The van der Waals surface area contributed by atoms with Crippen LogP contribution >= 0.6 is 23.2 Å².